The third-order valence-electron chi connectivity index (χ3n) is 2.81. The monoisotopic (exact) mass is 279 g/mol. The maximum absolute atomic E-state index is 12.0. The van der Waals surface area contributed by atoms with Crippen molar-refractivity contribution in [3.63, 3.8) is 0 Å². The van der Waals surface area contributed by atoms with Gasteiger partial charge in [-0.05, 0) is 19.3 Å². The van der Waals surface area contributed by atoms with Gasteiger partial charge in [-0.2, -0.15) is 4.31 Å². The molecule has 0 amide bonds. The van der Waals surface area contributed by atoms with E-state index < -0.39 is 33.8 Å². The first-order chi connectivity index (χ1) is 8.42. The molecule has 0 saturated carbocycles. The predicted molar refractivity (Wildman–Crippen MR) is 62.2 cm³/mol. The molecule has 104 valence electrons. The van der Waals surface area contributed by atoms with Gasteiger partial charge in [-0.25, -0.2) is 8.42 Å². The number of carbonyl (C=O) groups is 2. The number of piperidine rings is 1. The van der Waals surface area contributed by atoms with Crippen LogP contribution in [0.3, 0.4) is 0 Å². The second kappa shape index (κ2) is 6.14. The van der Waals surface area contributed by atoms with Crippen molar-refractivity contribution in [3.8, 4) is 0 Å². The molecule has 18 heavy (non-hydrogen) atoms. The number of carbonyl (C=O) groups excluding carboxylic acids is 2. The van der Waals surface area contributed by atoms with Crippen molar-refractivity contribution in [1.29, 1.82) is 0 Å². The molecular formula is C10H17NO6S. The van der Waals surface area contributed by atoms with E-state index in [0.717, 1.165) is 17.8 Å². The Bertz CT molecular complexity index is 418. The SMILES string of the molecule is COC(=O)CS(=O)(=O)N1CCCCC1C(=O)OC. The molecule has 0 bridgehead atoms. The van der Waals surface area contributed by atoms with Gasteiger partial charge in [-0.3, -0.25) is 9.59 Å². The molecule has 0 aromatic carbocycles. The van der Waals surface area contributed by atoms with E-state index in [1.807, 2.05) is 0 Å². The van der Waals surface area contributed by atoms with Crippen molar-refractivity contribution in [2.75, 3.05) is 26.5 Å². The molecule has 1 atom stereocenters. The summed E-state index contributed by atoms with van der Waals surface area (Å²) < 4.78 is 34.0. The summed E-state index contributed by atoms with van der Waals surface area (Å²) in [5.74, 6) is -2.19. The molecule has 1 aliphatic heterocycles. The zero-order valence-electron chi connectivity index (χ0n) is 10.4. The highest BCUT2D eigenvalue weighted by atomic mass is 32.2. The lowest BCUT2D eigenvalue weighted by atomic mass is 10.1. The van der Waals surface area contributed by atoms with E-state index in [4.69, 9.17) is 0 Å². The fourth-order valence-corrected chi connectivity index (χ4v) is 3.47. The van der Waals surface area contributed by atoms with Crippen LogP contribution in [-0.4, -0.2) is 57.2 Å². The zero-order valence-corrected chi connectivity index (χ0v) is 11.2. The number of hydrogen-bond acceptors (Lipinski definition) is 6. The smallest absolute Gasteiger partial charge is 0.324 e. The van der Waals surface area contributed by atoms with Crippen LogP contribution in [0.15, 0.2) is 0 Å². The molecule has 1 fully saturated rings. The minimum absolute atomic E-state index is 0.221. The second-order valence-electron chi connectivity index (χ2n) is 3.98. The third-order valence-corrected chi connectivity index (χ3v) is 4.56. The van der Waals surface area contributed by atoms with Crippen molar-refractivity contribution in [2.24, 2.45) is 0 Å². The first-order valence-corrected chi connectivity index (χ1v) is 7.17. The molecule has 0 aromatic rings. The summed E-state index contributed by atoms with van der Waals surface area (Å²) in [4.78, 5) is 22.6. The highest BCUT2D eigenvalue weighted by molar-refractivity contribution is 7.89. The summed E-state index contributed by atoms with van der Waals surface area (Å²) in [6.45, 7) is 0.221. The van der Waals surface area contributed by atoms with Crippen molar-refractivity contribution in [2.45, 2.75) is 25.3 Å². The van der Waals surface area contributed by atoms with E-state index >= 15 is 0 Å². The standard InChI is InChI=1S/C10H17NO6S/c1-16-9(12)7-18(14,15)11-6-4-3-5-8(11)10(13)17-2/h8H,3-7H2,1-2H3. The normalized spacial score (nSPS) is 21.3. The molecule has 0 N–H and O–H groups in total. The summed E-state index contributed by atoms with van der Waals surface area (Å²) in [6, 6.07) is -0.835. The summed E-state index contributed by atoms with van der Waals surface area (Å²) in [5, 5.41) is 0. The molecule has 0 aliphatic carbocycles. The van der Waals surface area contributed by atoms with Crippen molar-refractivity contribution >= 4 is 22.0 Å². The number of methoxy groups -OCH3 is 2. The molecule has 1 heterocycles. The zero-order chi connectivity index (χ0) is 13.8. The number of hydrogen-bond donors (Lipinski definition) is 0. The average Bonchev–Trinajstić information content (AvgIpc) is 2.37. The second-order valence-corrected chi connectivity index (χ2v) is 5.90. The predicted octanol–water partition coefficient (Wildman–Crippen LogP) is -0.483. The van der Waals surface area contributed by atoms with Crippen LogP contribution in [0, 0.1) is 0 Å². The molecule has 1 unspecified atom stereocenters. The van der Waals surface area contributed by atoms with E-state index in [2.05, 4.69) is 9.47 Å². The van der Waals surface area contributed by atoms with E-state index in [9.17, 15) is 18.0 Å². The van der Waals surface area contributed by atoms with E-state index in [-0.39, 0.29) is 6.54 Å². The van der Waals surface area contributed by atoms with E-state index in [1.165, 1.54) is 7.11 Å². The van der Waals surface area contributed by atoms with Gasteiger partial charge in [0.05, 0.1) is 14.2 Å². The van der Waals surface area contributed by atoms with Gasteiger partial charge >= 0.3 is 11.9 Å². The van der Waals surface area contributed by atoms with Gasteiger partial charge in [0.15, 0.2) is 5.75 Å². The van der Waals surface area contributed by atoms with Crippen LogP contribution >= 0.6 is 0 Å². The summed E-state index contributed by atoms with van der Waals surface area (Å²) >= 11 is 0. The maximum Gasteiger partial charge on any atom is 0.324 e. The summed E-state index contributed by atoms with van der Waals surface area (Å²) in [7, 11) is -1.51. The fraction of sp³-hybridized carbons (Fsp3) is 0.800. The van der Waals surface area contributed by atoms with Gasteiger partial charge in [0, 0.05) is 6.54 Å². The van der Waals surface area contributed by atoms with Gasteiger partial charge in [-0.15, -0.1) is 0 Å². The van der Waals surface area contributed by atoms with Gasteiger partial charge in [0.1, 0.15) is 6.04 Å². The van der Waals surface area contributed by atoms with Crippen LogP contribution in [0.1, 0.15) is 19.3 Å². The molecule has 1 saturated heterocycles. The lowest BCUT2D eigenvalue weighted by Gasteiger charge is -2.32. The quantitative estimate of drug-likeness (QED) is 0.645. The van der Waals surface area contributed by atoms with Gasteiger partial charge < -0.3 is 9.47 Å². The third kappa shape index (κ3) is 3.42. The van der Waals surface area contributed by atoms with Crippen LogP contribution in [-0.2, 0) is 29.1 Å². The van der Waals surface area contributed by atoms with Crippen LogP contribution < -0.4 is 0 Å². The van der Waals surface area contributed by atoms with Crippen LogP contribution in [0.25, 0.3) is 0 Å². The molecule has 8 heteroatoms. The number of nitrogens with zero attached hydrogens (tertiary/aromatic N) is 1. The van der Waals surface area contributed by atoms with E-state index in [1.54, 1.807) is 0 Å². The van der Waals surface area contributed by atoms with Gasteiger partial charge in [-0.1, -0.05) is 0 Å². The van der Waals surface area contributed by atoms with Gasteiger partial charge in [0.25, 0.3) is 0 Å². The first-order valence-electron chi connectivity index (χ1n) is 5.56. The van der Waals surface area contributed by atoms with Crippen LogP contribution in [0.5, 0.6) is 0 Å². The topological polar surface area (TPSA) is 90.0 Å². The fourth-order valence-electron chi connectivity index (χ4n) is 1.90. The minimum Gasteiger partial charge on any atom is -0.468 e. The Labute approximate surface area is 106 Å². The first kappa shape index (κ1) is 14.9. The van der Waals surface area contributed by atoms with Crippen molar-refractivity contribution in [3.05, 3.63) is 0 Å². The minimum atomic E-state index is -3.84. The molecule has 0 aromatic heterocycles. The Morgan fingerprint density at radius 1 is 1.22 bits per heavy atom. The number of ether oxygens (including phenoxy) is 2. The van der Waals surface area contributed by atoms with Crippen molar-refractivity contribution in [1.82, 2.24) is 4.31 Å². The Hall–Kier alpha value is -1.15. The van der Waals surface area contributed by atoms with Crippen molar-refractivity contribution < 1.29 is 27.5 Å². The molecule has 7 nitrogen and oxygen atoms in total. The number of esters is 2. The number of sulfonamides is 1. The van der Waals surface area contributed by atoms with E-state index in [0.29, 0.717) is 12.8 Å². The molecular weight excluding hydrogens is 262 g/mol. The molecule has 1 aliphatic rings. The summed E-state index contributed by atoms with van der Waals surface area (Å²) in [6.07, 6.45) is 1.82. The lowest BCUT2D eigenvalue weighted by Crippen LogP contribution is -2.50. The van der Waals surface area contributed by atoms with Gasteiger partial charge in [0.2, 0.25) is 10.0 Å². The molecule has 0 radical (unpaired) electrons. The lowest BCUT2D eigenvalue weighted by molar-refractivity contribution is -0.146. The highest BCUT2D eigenvalue weighted by Crippen LogP contribution is 2.21. The van der Waals surface area contributed by atoms with Crippen LogP contribution in [0.4, 0.5) is 0 Å². The molecule has 1 rings (SSSR count). The van der Waals surface area contributed by atoms with Crippen LogP contribution in [0.2, 0.25) is 0 Å². The largest absolute Gasteiger partial charge is 0.468 e. The summed E-state index contributed by atoms with van der Waals surface area (Å²) in [5.41, 5.74) is 0. The highest BCUT2D eigenvalue weighted by Gasteiger charge is 2.38. The molecule has 0 spiro atoms. The number of rotatable bonds is 4. The maximum atomic E-state index is 12.0. The Kier molecular flexibility index (Phi) is 5.09. The Balaban J connectivity index is 2.89. The Morgan fingerprint density at radius 2 is 1.89 bits per heavy atom. The Morgan fingerprint density at radius 3 is 2.44 bits per heavy atom. The average molecular weight is 279 g/mol.